The van der Waals surface area contributed by atoms with E-state index in [0.29, 0.717) is 62.7 Å². The van der Waals surface area contributed by atoms with Crippen LogP contribution in [0.15, 0.2) is 108 Å². The maximum atomic E-state index is 13.3. The normalized spacial score (nSPS) is 15.4. The van der Waals surface area contributed by atoms with Gasteiger partial charge in [0.1, 0.15) is 18.4 Å². The van der Waals surface area contributed by atoms with E-state index in [-0.39, 0.29) is 42.9 Å². The number of rotatable bonds is 23. The van der Waals surface area contributed by atoms with Gasteiger partial charge in [0.05, 0.1) is 63.7 Å². The first-order valence-electron chi connectivity index (χ1n) is 20.3. The first-order valence-corrected chi connectivity index (χ1v) is 21.9. The molecule has 0 aliphatic carbocycles. The van der Waals surface area contributed by atoms with Crippen LogP contribution in [-0.4, -0.2) is 117 Å². The molecule has 5 amide bonds. The van der Waals surface area contributed by atoms with Crippen LogP contribution in [0.25, 0.3) is 11.1 Å². The average Bonchev–Trinajstić information content (AvgIpc) is 3.53. The zero-order valence-electron chi connectivity index (χ0n) is 34.1. The van der Waals surface area contributed by atoms with Crippen molar-refractivity contribution in [2.24, 2.45) is 0 Å². The van der Waals surface area contributed by atoms with Gasteiger partial charge in [-0.1, -0.05) is 78.9 Å². The number of imide groups is 2. The summed E-state index contributed by atoms with van der Waals surface area (Å²) in [5.41, 5.74) is 6.15. The van der Waals surface area contributed by atoms with E-state index in [1.54, 1.807) is 30.1 Å². The highest BCUT2D eigenvalue weighted by Gasteiger charge is 2.45. The smallest absolute Gasteiger partial charge is 0.263 e. The summed E-state index contributed by atoms with van der Waals surface area (Å²) < 4.78 is 22.9. The molecule has 1 atom stereocenters. The third-order valence-electron chi connectivity index (χ3n) is 10.2. The fourth-order valence-electron chi connectivity index (χ4n) is 7.12. The van der Waals surface area contributed by atoms with E-state index in [2.05, 4.69) is 41.7 Å². The molecule has 0 aromatic heterocycles. The van der Waals surface area contributed by atoms with Crippen LogP contribution in [0, 0.1) is 0 Å². The Balaban J connectivity index is 0.827. The van der Waals surface area contributed by atoms with Gasteiger partial charge in [0, 0.05) is 30.0 Å². The number of halogens is 1. The Hall–Kier alpha value is -5.31. The second-order valence-electron chi connectivity index (χ2n) is 14.3. The van der Waals surface area contributed by atoms with Crippen molar-refractivity contribution in [3.8, 4) is 5.75 Å². The Morgan fingerprint density at radius 1 is 0.738 bits per heavy atom. The van der Waals surface area contributed by atoms with Crippen LogP contribution in [0.3, 0.4) is 0 Å². The molecule has 0 radical (unpaired) electrons. The van der Waals surface area contributed by atoms with Gasteiger partial charge in [0.2, 0.25) is 17.7 Å². The van der Waals surface area contributed by atoms with Gasteiger partial charge >= 0.3 is 0 Å². The molecule has 320 valence electrons. The van der Waals surface area contributed by atoms with Gasteiger partial charge in [0.25, 0.3) is 11.8 Å². The SMILES string of the molecule is CN(CCOc1ccc(/C(=C(/CCCl)c2ccccc2)c2ccccc2)cc1)C(=O)CCOCCOCCOCCSc1cccc2c1C(=O)N(C1CCC(=O)NC1=O)C2=O. The molecule has 1 saturated heterocycles. The number of fused-ring (bicyclic) bond motifs is 1. The van der Waals surface area contributed by atoms with Crippen molar-refractivity contribution in [1.29, 1.82) is 0 Å². The number of hydrogen-bond acceptors (Lipinski definition) is 10. The maximum absolute atomic E-state index is 13.3. The number of ether oxygens (including phenoxy) is 4. The number of hydrogen-bond donors (Lipinski definition) is 1. The van der Waals surface area contributed by atoms with Crippen molar-refractivity contribution in [1.82, 2.24) is 15.1 Å². The minimum atomic E-state index is -1.01. The summed E-state index contributed by atoms with van der Waals surface area (Å²) in [4.78, 5) is 66.1. The minimum absolute atomic E-state index is 0.0421. The van der Waals surface area contributed by atoms with Gasteiger partial charge in [-0.15, -0.1) is 23.4 Å². The molecule has 14 heteroatoms. The van der Waals surface area contributed by atoms with Gasteiger partial charge in [-0.25, -0.2) is 0 Å². The summed E-state index contributed by atoms with van der Waals surface area (Å²) in [5.74, 6) is -0.404. The van der Waals surface area contributed by atoms with Crippen molar-refractivity contribution >= 4 is 64.0 Å². The summed E-state index contributed by atoms with van der Waals surface area (Å²) in [7, 11) is 1.75. The molecule has 2 aliphatic heterocycles. The van der Waals surface area contributed by atoms with Crippen LogP contribution in [0.1, 0.15) is 63.1 Å². The second-order valence-corrected chi connectivity index (χ2v) is 15.8. The first kappa shape index (κ1) is 45.2. The van der Waals surface area contributed by atoms with Crippen LogP contribution < -0.4 is 10.1 Å². The van der Waals surface area contributed by atoms with E-state index < -0.39 is 29.7 Å². The molecule has 2 aliphatic rings. The third-order valence-corrected chi connectivity index (χ3v) is 11.4. The molecule has 1 N–H and O–H groups in total. The molecule has 0 spiro atoms. The van der Waals surface area contributed by atoms with Crippen LogP contribution >= 0.6 is 23.4 Å². The number of likely N-dealkylation sites (N-methyl/N-ethyl adjacent to an activating group) is 1. The number of nitrogens with zero attached hydrogens (tertiary/aromatic N) is 2. The fourth-order valence-corrected chi connectivity index (χ4v) is 8.24. The molecule has 6 rings (SSSR count). The van der Waals surface area contributed by atoms with Gasteiger partial charge in [-0.3, -0.25) is 34.2 Å². The molecule has 1 fully saturated rings. The largest absolute Gasteiger partial charge is 0.492 e. The van der Waals surface area contributed by atoms with Crippen LogP contribution in [0.2, 0.25) is 0 Å². The molecule has 12 nitrogen and oxygen atoms in total. The van der Waals surface area contributed by atoms with E-state index in [4.69, 9.17) is 30.5 Å². The lowest BCUT2D eigenvalue weighted by Gasteiger charge is -2.27. The van der Waals surface area contributed by atoms with Crippen LogP contribution in [0.5, 0.6) is 5.75 Å². The molecule has 1 unspecified atom stereocenters. The molecule has 0 bridgehead atoms. The lowest BCUT2D eigenvalue weighted by atomic mass is 9.88. The Morgan fingerprint density at radius 3 is 2.05 bits per heavy atom. The molecule has 0 saturated carbocycles. The number of nitrogens with one attached hydrogen (secondary N) is 1. The van der Waals surface area contributed by atoms with Crippen molar-refractivity contribution in [2.75, 3.05) is 71.5 Å². The Morgan fingerprint density at radius 2 is 1.38 bits per heavy atom. The number of thioether (sulfide) groups is 1. The zero-order valence-corrected chi connectivity index (χ0v) is 35.7. The van der Waals surface area contributed by atoms with E-state index in [1.807, 2.05) is 48.5 Å². The monoisotopic (exact) mass is 867 g/mol. The van der Waals surface area contributed by atoms with Crippen molar-refractivity contribution in [3.05, 3.63) is 131 Å². The molecule has 2 heterocycles. The van der Waals surface area contributed by atoms with Gasteiger partial charge in [0.15, 0.2) is 0 Å². The van der Waals surface area contributed by atoms with Crippen molar-refractivity contribution in [3.63, 3.8) is 0 Å². The van der Waals surface area contributed by atoms with E-state index >= 15 is 0 Å². The highest BCUT2D eigenvalue weighted by molar-refractivity contribution is 7.99. The fraction of sp³-hybridized carbons (Fsp3) is 0.340. The Kier molecular flexibility index (Phi) is 17.1. The van der Waals surface area contributed by atoms with E-state index in [0.717, 1.165) is 39.3 Å². The lowest BCUT2D eigenvalue weighted by Crippen LogP contribution is -2.54. The third kappa shape index (κ3) is 12.2. The summed E-state index contributed by atoms with van der Waals surface area (Å²) >= 11 is 7.68. The van der Waals surface area contributed by atoms with E-state index in [1.165, 1.54) is 17.3 Å². The number of amides is 5. The molecule has 4 aromatic rings. The number of alkyl halides is 1. The van der Waals surface area contributed by atoms with Gasteiger partial charge in [-0.2, -0.15) is 0 Å². The number of benzene rings is 4. The lowest BCUT2D eigenvalue weighted by molar-refractivity contribution is -0.136. The average molecular weight is 868 g/mol. The maximum Gasteiger partial charge on any atom is 0.263 e. The molecule has 4 aromatic carbocycles. The summed E-state index contributed by atoms with van der Waals surface area (Å²) in [6.07, 6.45) is 1.14. The standard InChI is InChI=1S/C47H50ClN3O9S/c1-50(24-26-60-36-17-15-35(16-18-36)43(34-11-6-3-7-12-34)37(21-23-48)33-9-4-2-5-10-33)42(53)22-25-57-27-28-58-29-30-59-31-32-61-40-14-8-13-38-44(40)47(56)51(46(38)55)39-19-20-41(52)49-45(39)54/h2-18,39H,19-32H2,1H3,(H,49,52,54)/b43-37-. The molecular weight excluding hydrogens is 818 g/mol. The van der Waals surface area contributed by atoms with Gasteiger partial charge in [-0.05, 0) is 64.9 Å². The second kappa shape index (κ2) is 23.1. The summed E-state index contributed by atoms with van der Waals surface area (Å²) in [6.45, 7) is 2.86. The van der Waals surface area contributed by atoms with Crippen molar-refractivity contribution < 1.29 is 42.9 Å². The first-order chi connectivity index (χ1) is 29.8. The highest BCUT2D eigenvalue weighted by atomic mass is 35.5. The number of allylic oxidation sites excluding steroid dienone is 1. The molecule has 61 heavy (non-hydrogen) atoms. The summed E-state index contributed by atoms with van der Waals surface area (Å²) in [5, 5.41) is 2.21. The topological polar surface area (TPSA) is 141 Å². The highest BCUT2D eigenvalue weighted by Crippen LogP contribution is 2.36. The van der Waals surface area contributed by atoms with Crippen molar-refractivity contribution in [2.45, 2.75) is 36.6 Å². The quantitative estimate of drug-likeness (QED) is 0.0280. The minimum Gasteiger partial charge on any atom is -0.492 e. The van der Waals surface area contributed by atoms with Gasteiger partial charge < -0.3 is 23.8 Å². The number of piperidine rings is 1. The Bertz CT molecular complexity index is 2170. The number of carbonyl (C=O) groups is 5. The Labute approximate surface area is 365 Å². The number of carbonyl (C=O) groups excluding carboxylic acids is 5. The predicted octanol–water partition coefficient (Wildman–Crippen LogP) is 6.75. The van der Waals surface area contributed by atoms with Crippen LogP contribution in [0.4, 0.5) is 0 Å². The zero-order chi connectivity index (χ0) is 43.0. The molecular formula is C47H50ClN3O9S. The summed E-state index contributed by atoms with van der Waals surface area (Å²) in [6, 6.07) is 32.7. The van der Waals surface area contributed by atoms with E-state index in [9.17, 15) is 24.0 Å². The predicted molar refractivity (Wildman–Crippen MR) is 235 cm³/mol. The van der Waals surface area contributed by atoms with Crippen LogP contribution in [-0.2, 0) is 28.6 Å².